The fraction of sp³-hybridized carbons (Fsp3) is 0.438. The van der Waals surface area contributed by atoms with E-state index in [-0.39, 0.29) is 11.2 Å². The first kappa shape index (κ1) is 25.7. The van der Waals surface area contributed by atoms with E-state index in [1.807, 2.05) is 41.0 Å². The Labute approximate surface area is 229 Å². The number of aromatic nitrogens is 3. The molecule has 1 atom stereocenters. The third kappa shape index (κ3) is 5.08. The lowest BCUT2D eigenvalue weighted by molar-refractivity contribution is 0.204. The van der Waals surface area contributed by atoms with Gasteiger partial charge in [-0.15, -0.1) is 0 Å². The van der Waals surface area contributed by atoms with E-state index in [0.717, 1.165) is 74.3 Å². The number of H-pyrrole nitrogens is 1. The fourth-order valence-corrected chi connectivity index (χ4v) is 6.59. The molecule has 1 fully saturated rings. The molecule has 0 saturated carbocycles. The average molecular weight is 527 g/mol. The van der Waals surface area contributed by atoms with E-state index in [1.165, 1.54) is 28.4 Å². The third-order valence-corrected chi connectivity index (χ3v) is 8.62. The van der Waals surface area contributed by atoms with Gasteiger partial charge in [0.25, 0.3) is 5.56 Å². The number of piperidine rings is 1. The van der Waals surface area contributed by atoms with Crippen molar-refractivity contribution in [2.45, 2.75) is 64.0 Å². The molecule has 2 aliphatic heterocycles. The summed E-state index contributed by atoms with van der Waals surface area (Å²) in [6, 6.07) is 16.1. The van der Waals surface area contributed by atoms with Crippen LogP contribution in [0.3, 0.4) is 0 Å². The molecule has 0 bridgehead atoms. The van der Waals surface area contributed by atoms with Crippen LogP contribution in [-0.2, 0) is 19.5 Å². The van der Waals surface area contributed by atoms with Crippen molar-refractivity contribution >= 4 is 10.9 Å². The summed E-state index contributed by atoms with van der Waals surface area (Å²) in [5.41, 5.74) is 4.79. The SMILES string of the molecule is COc1ccc2[nH]cc(C3CCCN(CCCCn4c(=O)c(-c5ccccc5)c5n(c4=O)CCCC5)C3)c2c1. The van der Waals surface area contributed by atoms with Gasteiger partial charge in [-0.1, -0.05) is 30.3 Å². The second-order valence-electron chi connectivity index (χ2n) is 11.0. The minimum absolute atomic E-state index is 0.132. The van der Waals surface area contributed by atoms with Crippen molar-refractivity contribution in [2.24, 2.45) is 0 Å². The summed E-state index contributed by atoms with van der Waals surface area (Å²) < 4.78 is 8.82. The Bertz CT molecular complexity index is 1570. The first-order valence-corrected chi connectivity index (χ1v) is 14.4. The number of nitrogens with one attached hydrogen (secondary N) is 1. The van der Waals surface area contributed by atoms with Gasteiger partial charge in [0.1, 0.15) is 5.75 Å². The smallest absolute Gasteiger partial charge is 0.331 e. The predicted molar refractivity (Wildman–Crippen MR) is 156 cm³/mol. The zero-order valence-electron chi connectivity index (χ0n) is 22.8. The summed E-state index contributed by atoms with van der Waals surface area (Å²) in [7, 11) is 1.71. The topological polar surface area (TPSA) is 72.3 Å². The van der Waals surface area contributed by atoms with Gasteiger partial charge in [-0.2, -0.15) is 0 Å². The minimum Gasteiger partial charge on any atom is -0.497 e. The lowest BCUT2D eigenvalue weighted by Gasteiger charge is -2.32. The molecular formula is C32H38N4O3. The highest BCUT2D eigenvalue weighted by Gasteiger charge is 2.24. The Kier molecular flexibility index (Phi) is 7.42. The molecule has 0 radical (unpaired) electrons. The number of hydrogen-bond acceptors (Lipinski definition) is 4. The first-order valence-electron chi connectivity index (χ1n) is 14.4. The Morgan fingerprint density at radius 2 is 1.82 bits per heavy atom. The molecule has 7 heteroatoms. The van der Waals surface area contributed by atoms with Crippen LogP contribution in [-0.4, -0.2) is 45.8 Å². The largest absolute Gasteiger partial charge is 0.497 e. The molecule has 4 heterocycles. The van der Waals surface area contributed by atoms with Gasteiger partial charge in [-0.3, -0.25) is 13.9 Å². The Morgan fingerprint density at radius 3 is 2.67 bits per heavy atom. The maximum absolute atomic E-state index is 13.6. The highest BCUT2D eigenvalue weighted by atomic mass is 16.5. The van der Waals surface area contributed by atoms with Crippen molar-refractivity contribution in [2.75, 3.05) is 26.7 Å². The van der Waals surface area contributed by atoms with E-state index in [2.05, 4.69) is 28.2 Å². The van der Waals surface area contributed by atoms with Crippen molar-refractivity contribution in [1.82, 2.24) is 19.0 Å². The molecule has 0 amide bonds. The summed E-state index contributed by atoms with van der Waals surface area (Å²) in [5.74, 6) is 1.38. The van der Waals surface area contributed by atoms with E-state index in [0.29, 0.717) is 24.6 Å². The van der Waals surface area contributed by atoms with Crippen molar-refractivity contribution in [3.63, 3.8) is 0 Å². The van der Waals surface area contributed by atoms with Crippen LogP contribution in [0.1, 0.15) is 55.7 Å². The van der Waals surface area contributed by atoms with Gasteiger partial charge in [-0.25, -0.2) is 4.79 Å². The number of ether oxygens (including phenoxy) is 1. The number of unbranched alkanes of at least 4 members (excludes halogenated alkanes) is 1. The highest BCUT2D eigenvalue weighted by molar-refractivity contribution is 5.85. The van der Waals surface area contributed by atoms with Gasteiger partial charge in [0.2, 0.25) is 0 Å². The molecule has 204 valence electrons. The number of likely N-dealkylation sites (tertiary alicyclic amines) is 1. The zero-order valence-corrected chi connectivity index (χ0v) is 22.8. The fourth-order valence-electron chi connectivity index (χ4n) is 6.59. The Hall–Kier alpha value is -3.58. The lowest BCUT2D eigenvalue weighted by atomic mass is 9.90. The molecule has 39 heavy (non-hydrogen) atoms. The quantitative estimate of drug-likeness (QED) is 0.322. The molecule has 1 unspecified atom stereocenters. The summed E-state index contributed by atoms with van der Waals surface area (Å²) in [6.07, 6.45) is 9.09. The normalized spacial score (nSPS) is 17.8. The van der Waals surface area contributed by atoms with E-state index >= 15 is 0 Å². The van der Waals surface area contributed by atoms with Gasteiger partial charge < -0.3 is 14.6 Å². The van der Waals surface area contributed by atoms with Gasteiger partial charge >= 0.3 is 5.69 Å². The molecule has 2 aromatic heterocycles. The molecule has 1 N–H and O–H groups in total. The number of benzene rings is 2. The van der Waals surface area contributed by atoms with E-state index in [4.69, 9.17) is 4.74 Å². The standard InChI is InChI=1S/C32H38N4O3/c1-39-25-14-15-28-26(20-25)27(21-33-28)24-12-9-17-34(22-24)16-7-8-19-36-31(37)30(23-10-3-2-4-11-23)29-13-5-6-18-35(29)32(36)38/h2-4,10-11,14-15,20-21,24,33H,5-9,12-13,16-19,22H2,1H3. The zero-order chi connectivity index (χ0) is 26.8. The van der Waals surface area contributed by atoms with Crippen molar-refractivity contribution in [1.29, 1.82) is 0 Å². The van der Waals surface area contributed by atoms with Gasteiger partial charge in [0.05, 0.1) is 12.7 Å². The van der Waals surface area contributed by atoms with E-state index in [9.17, 15) is 9.59 Å². The summed E-state index contributed by atoms with van der Waals surface area (Å²) in [6.45, 7) is 4.28. The highest BCUT2D eigenvalue weighted by Crippen LogP contribution is 2.34. The average Bonchev–Trinajstić information content (AvgIpc) is 3.41. The predicted octanol–water partition coefficient (Wildman–Crippen LogP) is 5.16. The number of hydrogen-bond donors (Lipinski definition) is 1. The third-order valence-electron chi connectivity index (χ3n) is 8.62. The van der Waals surface area contributed by atoms with Crippen LogP contribution >= 0.6 is 0 Å². The van der Waals surface area contributed by atoms with Crippen LogP contribution in [0, 0.1) is 0 Å². The van der Waals surface area contributed by atoms with Gasteiger partial charge in [0, 0.05) is 42.4 Å². The lowest BCUT2D eigenvalue weighted by Crippen LogP contribution is -2.44. The van der Waals surface area contributed by atoms with Crippen molar-refractivity contribution in [3.8, 4) is 16.9 Å². The summed E-state index contributed by atoms with van der Waals surface area (Å²) >= 11 is 0. The van der Waals surface area contributed by atoms with Crippen LogP contribution in [0.25, 0.3) is 22.0 Å². The first-order chi connectivity index (χ1) is 19.1. The number of fused-ring (bicyclic) bond motifs is 2. The van der Waals surface area contributed by atoms with Crippen LogP contribution in [0.15, 0.2) is 64.3 Å². The van der Waals surface area contributed by atoms with E-state index < -0.39 is 0 Å². The van der Waals surface area contributed by atoms with Crippen molar-refractivity contribution in [3.05, 3.63) is 86.8 Å². The summed E-state index contributed by atoms with van der Waals surface area (Å²) in [4.78, 5) is 32.9. The van der Waals surface area contributed by atoms with Crippen molar-refractivity contribution < 1.29 is 4.74 Å². The molecular weight excluding hydrogens is 488 g/mol. The number of aromatic amines is 1. The van der Waals surface area contributed by atoms with E-state index in [1.54, 1.807) is 7.11 Å². The molecule has 2 aromatic carbocycles. The number of rotatable bonds is 8. The molecule has 0 spiro atoms. The maximum atomic E-state index is 13.6. The molecule has 7 nitrogen and oxygen atoms in total. The second kappa shape index (κ2) is 11.3. The number of nitrogens with zero attached hydrogens (tertiary/aromatic N) is 3. The van der Waals surface area contributed by atoms with Gasteiger partial charge in [-0.05, 0) is 93.3 Å². The minimum atomic E-state index is -0.137. The second-order valence-corrected chi connectivity index (χ2v) is 11.0. The number of methoxy groups -OCH3 is 1. The molecule has 6 rings (SSSR count). The summed E-state index contributed by atoms with van der Waals surface area (Å²) in [5, 5.41) is 1.25. The molecule has 4 aromatic rings. The van der Waals surface area contributed by atoms with Crippen LogP contribution in [0.5, 0.6) is 5.75 Å². The maximum Gasteiger partial charge on any atom is 0.331 e. The van der Waals surface area contributed by atoms with Crippen LogP contribution < -0.4 is 16.0 Å². The van der Waals surface area contributed by atoms with Crippen LogP contribution in [0.2, 0.25) is 0 Å². The monoisotopic (exact) mass is 526 g/mol. The van der Waals surface area contributed by atoms with Crippen LogP contribution in [0.4, 0.5) is 0 Å². The van der Waals surface area contributed by atoms with Gasteiger partial charge in [0.15, 0.2) is 0 Å². The molecule has 1 saturated heterocycles. The molecule has 2 aliphatic rings. The Balaban J connectivity index is 1.14. The molecule has 0 aliphatic carbocycles. The Morgan fingerprint density at radius 1 is 0.974 bits per heavy atom.